The molecule has 6 nitrogen and oxygen atoms in total. The van der Waals surface area contributed by atoms with E-state index in [-0.39, 0.29) is 26.8 Å². The zero-order valence-corrected chi connectivity index (χ0v) is 34.1. The molecule has 1 N–H and O–H groups in total. The van der Waals surface area contributed by atoms with Crippen LogP contribution in [-0.2, 0) is 22.4 Å². The SMILES string of the molecule is CC(C)(C)[Si](C)(C)O[C@H]1O[C@H](CO)[C@H](O[Si](C)(C)C(C)(C)C)[C@H](O[Si](C)(C)C(C)(C)C)[C@H]1O[Si](C)(C)C(C)(C)C. The molecule has 0 unspecified atom stereocenters. The van der Waals surface area contributed by atoms with Gasteiger partial charge >= 0.3 is 0 Å². The second-order valence-corrected chi connectivity index (χ2v) is 37.2. The summed E-state index contributed by atoms with van der Waals surface area (Å²) in [4.78, 5) is 0. The molecule has 0 saturated carbocycles. The van der Waals surface area contributed by atoms with Crippen molar-refractivity contribution >= 4 is 33.3 Å². The molecule has 10 heteroatoms. The summed E-state index contributed by atoms with van der Waals surface area (Å²) in [6.07, 6.45) is -2.58. The fraction of sp³-hybridized carbons (Fsp3) is 1.00. The van der Waals surface area contributed by atoms with Gasteiger partial charge in [-0.25, -0.2) is 0 Å². The zero-order valence-electron chi connectivity index (χ0n) is 30.1. The summed E-state index contributed by atoms with van der Waals surface area (Å²) >= 11 is 0. The lowest BCUT2D eigenvalue weighted by Crippen LogP contribution is -2.69. The highest BCUT2D eigenvalue weighted by Gasteiger charge is 2.57. The molecule has 0 aliphatic carbocycles. The van der Waals surface area contributed by atoms with Crippen molar-refractivity contribution in [3.63, 3.8) is 0 Å². The lowest BCUT2D eigenvalue weighted by molar-refractivity contribution is -0.271. The maximum atomic E-state index is 10.8. The molecule has 0 aromatic rings. The summed E-state index contributed by atoms with van der Waals surface area (Å²) in [6.45, 7) is 45.0. The van der Waals surface area contributed by atoms with E-state index in [1.807, 2.05) is 0 Å². The number of hydrogen-bond acceptors (Lipinski definition) is 6. The topological polar surface area (TPSA) is 66.4 Å². The molecule has 1 heterocycles. The van der Waals surface area contributed by atoms with Gasteiger partial charge in [0, 0.05) is 0 Å². The summed E-state index contributed by atoms with van der Waals surface area (Å²) in [5, 5.41) is 10.7. The first kappa shape index (κ1) is 38.7. The van der Waals surface area contributed by atoms with Gasteiger partial charge in [0.1, 0.15) is 24.4 Å². The molecule has 1 saturated heterocycles. The largest absolute Gasteiger partial charge is 0.408 e. The number of hydrogen-bond donors (Lipinski definition) is 1. The summed E-state index contributed by atoms with van der Waals surface area (Å²) < 4.78 is 35.5. The van der Waals surface area contributed by atoms with Crippen LogP contribution in [0.4, 0.5) is 0 Å². The molecule has 1 aliphatic rings. The van der Waals surface area contributed by atoms with Gasteiger partial charge in [-0.15, -0.1) is 0 Å². The number of rotatable bonds is 9. The van der Waals surface area contributed by atoms with E-state index in [9.17, 15) is 5.11 Å². The molecule has 1 rings (SSSR count). The van der Waals surface area contributed by atoms with Crippen molar-refractivity contribution in [2.75, 3.05) is 6.61 Å². The van der Waals surface area contributed by atoms with Crippen LogP contribution in [0.25, 0.3) is 0 Å². The molecule has 1 aliphatic heterocycles. The highest BCUT2D eigenvalue weighted by molar-refractivity contribution is 6.75. The van der Waals surface area contributed by atoms with Crippen molar-refractivity contribution in [1.29, 1.82) is 0 Å². The zero-order chi connectivity index (χ0) is 32.1. The Morgan fingerprint density at radius 2 is 0.750 bits per heavy atom. The van der Waals surface area contributed by atoms with E-state index in [0.29, 0.717) is 0 Å². The van der Waals surface area contributed by atoms with Crippen LogP contribution in [0.2, 0.25) is 72.5 Å². The van der Waals surface area contributed by atoms with Crippen LogP contribution in [-0.4, -0.2) is 75.7 Å². The van der Waals surface area contributed by atoms with Crippen LogP contribution in [0.3, 0.4) is 0 Å². The van der Waals surface area contributed by atoms with Gasteiger partial charge in [-0.2, -0.15) is 0 Å². The molecule has 0 spiro atoms. The third-order valence-electron chi connectivity index (χ3n) is 10.7. The first-order valence-electron chi connectivity index (χ1n) is 15.3. The number of aliphatic hydroxyl groups is 1. The van der Waals surface area contributed by atoms with Crippen LogP contribution >= 0.6 is 0 Å². The van der Waals surface area contributed by atoms with Gasteiger partial charge in [0.25, 0.3) is 0 Å². The minimum Gasteiger partial charge on any atom is -0.408 e. The Morgan fingerprint density at radius 1 is 0.475 bits per heavy atom. The maximum Gasteiger partial charge on any atom is 0.195 e. The number of aliphatic hydroxyl groups excluding tert-OH is 1. The van der Waals surface area contributed by atoms with Crippen LogP contribution in [0.15, 0.2) is 0 Å². The van der Waals surface area contributed by atoms with Crippen molar-refractivity contribution in [1.82, 2.24) is 0 Å². The summed E-state index contributed by atoms with van der Waals surface area (Å²) in [6, 6.07) is 0. The average Bonchev–Trinajstić information content (AvgIpc) is 2.68. The van der Waals surface area contributed by atoms with Crippen molar-refractivity contribution < 1.29 is 27.5 Å². The molecular formula is C30H68O6Si4. The number of ether oxygens (including phenoxy) is 1. The van der Waals surface area contributed by atoms with Gasteiger partial charge in [0.05, 0.1) is 6.61 Å². The van der Waals surface area contributed by atoms with Gasteiger partial charge in [0.2, 0.25) is 0 Å². The van der Waals surface area contributed by atoms with Crippen molar-refractivity contribution in [2.45, 2.75) is 186 Å². The molecule has 0 bridgehead atoms. The fourth-order valence-corrected chi connectivity index (χ4v) is 8.57. The molecule has 5 atom stereocenters. The molecule has 240 valence electrons. The van der Waals surface area contributed by atoms with Gasteiger partial charge in [-0.3, -0.25) is 0 Å². The van der Waals surface area contributed by atoms with Crippen molar-refractivity contribution in [2.24, 2.45) is 0 Å². The van der Waals surface area contributed by atoms with Crippen LogP contribution < -0.4 is 0 Å². The first-order chi connectivity index (χ1) is 17.3. The summed E-state index contributed by atoms with van der Waals surface area (Å²) in [5.74, 6) is 0. The van der Waals surface area contributed by atoms with Crippen molar-refractivity contribution in [3.8, 4) is 0 Å². The standard InChI is InChI=1S/C30H68O6Si4/c1-27(2,3)37(13,14)33-23-22(21-31)32-26(36-40(19,20)30(10,11)12)25(35-39(17,18)29(7,8)9)24(23)34-38(15,16)28(4,5)6/h22-26,31H,21H2,1-20H3/t22-,23+,24+,25-,26-/m1/s1. The lowest BCUT2D eigenvalue weighted by Gasteiger charge is -2.55. The molecule has 0 aromatic carbocycles. The summed E-state index contributed by atoms with van der Waals surface area (Å²) in [7, 11) is -9.13. The Kier molecular flexibility index (Phi) is 11.8. The minimum absolute atomic E-state index is 0.0142. The first-order valence-corrected chi connectivity index (χ1v) is 26.9. The van der Waals surface area contributed by atoms with E-state index in [1.54, 1.807) is 0 Å². The van der Waals surface area contributed by atoms with Crippen LogP contribution in [0, 0.1) is 0 Å². The van der Waals surface area contributed by atoms with Crippen molar-refractivity contribution in [3.05, 3.63) is 0 Å². The monoisotopic (exact) mass is 636 g/mol. The van der Waals surface area contributed by atoms with Gasteiger partial charge in [0.15, 0.2) is 39.6 Å². The van der Waals surface area contributed by atoms with Crippen LogP contribution in [0.5, 0.6) is 0 Å². The lowest BCUT2D eigenvalue weighted by atomic mass is 9.99. The Balaban J connectivity index is 3.92. The smallest absolute Gasteiger partial charge is 0.195 e. The van der Waals surface area contributed by atoms with Crippen LogP contribution in [0.1, 0.15) is 83.1 Å². The highest BCUT2D eigenvalue weighted by Crippen LogP contribution is 2.47. The molecule has 0 aromatic heterocycles. The van der Waals surface area contributed by atoms with Gasteiger partial charge < -0.3 is 27.5 Å². The third kappa shape index (κ3) is 8.85. The molecule has 40 heavy (non-hydrogen) atoms. The average molecular weight is 637 g/mol. The molecule has 0 radical (unpaired) electrons. The van der Waals surface area contributed by atoms with E-state index < -0.39 is 64.0 Å². The van der Waals surface area contributed by atoms with E-state index in [4.69, 9.17) is 22.4 Å². The predicted octanol–water partition coefficient (Wildman–Crippen LogP) is 8.90. The van der Waals surface area contributed by atoms with E-state index in [1.165, 1.54) is 0 Å². The quantitative estimate of drug-likeness (QED) is 0.255. The second-order valence-electron chi connectivity index (χ2n) is 18.1. The normalized spacial score (nSPS) is 26.8. The second kappa shape index (κ2) is 12.2. The van der Waals surface area contributed by atoms with E-state index >= 15 is 0 Å². The Morgan fingerprint density at radius 3 is 1.05 bits per heavy atom. The maximum absolute atomic E-state index is 10.8. The Bertz CT molecular complexity index is 831. The molecule has 1 fully saturated rings. The molecular weight excluding hydrogens is 569 g/mol. The highest BCUT2D eigenvalue weighted by atomic mass is 28.4. The fourth-order valence-electron chi connectivity index (χ4n) is 3.54. The Labute approximate surface area is 253 Å². The predicted molar refractivity (Wildman–Crippen MR) is 180 cm³/mol. The van der Waals surface area contributed by atoms with Gasteiger partial charge in [-0.1, -0.05) is 83.1 Å². The summed E-state index contributed by atoms with van der Waals surface area (Å²) in [5.41, 5.74) is 0. The van der Waals surface area contributed by atoms with E-state index in [2.05, 4.69) is 135 Å². The third-order valence-corrected chi connectivity index (χ3v) is 28.6. The Hall–Kier alpha value is 0.628. The van der Waals surface area contributed by atoms with Gasteiger partial charge in [-0.05, 0) is 72.5 Å². The van der Waals surface area contributed by atoms with E-state index in [0.717, 1.165) is 0 Å². The minimum atomic E-state index is -2.30. The molecule has 0 amide bonds.